The largest absolute Gasteiger partial charge is 0.418 e. The topological polar surface area (TPSA) is 49.8 Å². The van der Waals surface area contributed by atoms with Crippen LogP contribution in [0.4, 0.5) is 4.79 Å². The van der Waals surface area contributed by atoms with E-state index in [1.807, 2.05) is 58.0 Å². The molecule has 0 spiro atoms. The van der Waals surface area contributed by atoms with Crippen molar-refractivity contribution in [3.8, 4) is 0 Å². The molecule has 4 atom stereocenters. The molecule has 1 N–H and O–H groups in total. The van der Waals surface area contributed by atoms with Crippen molar-refractivity contribution in [2.45, 2.75) is 72.6 Å². The highest BCUT2D eigenvalue weighted by Gasteiger charge is 2.56. The van der Waals surface area contributed by atoms with E-state index in [1.54, 1.807) is 11.2 Å². The van der Waals surface area contributed by atoms with Crippen LogP contribution in [-0.2, 0) is 4.74 Å². The van der Waals surface area contributed by atoms with Gasteiger partial charge in [-0.3, -0.25) is 0 Å². The van der Waals surface area contributed by atoms with E-state index in [9.17, 15) is 9.90 Å². The van der Waals surface area contributed by atoms with Gasteiger partial charge in [-0.1, -0.05) is 44.2 Å². The summed E-state index contributed by atoms with van der Waals surface area (Å²) in [6, 6.07) is 9.97. The summed E-state index contributed by atoms with van der Waals surface area (Å²) < 4.78 is 5.68. The molecule has 2 bridgehead atoms. The molecule has 4 rings (SSSR count). The first-order valence-corrected chi connectivity index (χ1v) is 10.6. The molecule has 3 aliphatic carbocycles. The van der Waals surface area contributed by atoms with E-state index in [1.165, 1.54) is 0 Å². The van der Waals surface area contributed by atoms with Crippen LogP contribution in [0.1, 0.15) is 66.1 Å². The predicted octanol–water partition coefficient (Wildman–Crippen LogP) is 5.54. The van der Waals surface area contributed by atoms with Gasteiger partial charge in [0.25, 0.3) is 0 Å². The number of ether oxygens (including phenoxy) is 1. The van der Waals surface area contributed by atoms with Crippen LogP contribution in [0.15, 0.2) is 42.2 Å². The molecule has 3 saturated carbocycles. The Morgan fingerprint density at radius 1 is 1.14 bits per heavy atom. The van der Waals surface area contributed by atoms with Gasteiger partial charge in [0.05, 0.1) is 12.4 Å². The number of carbonyl (C=O) groups excluding carboxylic acids is 1. The van der Waals surface area contributed by atoms with Crippen molar-refractivity contribution in [3.63, 3.8) is 0 Å². The van der Waals surface area contributed by atoms with Crippen LogP contribution in [0.25, 0.3) is 0 Å². The summed E-state index contributed by atoms with van der Waals surface area (Å²) in [4.78, 5) is 14.4. The first-order chi connectivity index (χ1) is 13.1. The van der Waals surface area contributed by atoms with E-state index in [-0.39, 0.29) is 29.5 Å². The normalized spacial score (nSPS) is 28.2. The molecule has 0 aromatic heterocycles. The van der Waals surface area contributed by atoms with Gasteiger partial charge in [0.1, 0.15) is 0 Å². The third-order valence-electron chi connectivity index (χ3n) is 6.98. The highest BCUT2D eigenvalue weighted by molar-refractivity contribution is 5.69. The van der Waals surface area contributed by atoms with Crippen molar-refractivity contribution >= 4 is 6.09 Å². The fraction of sp³-hybridized carbons (Fsp3) is 0.625. The molecule has 3 fully saturated rings. The minimum atomic E-state index is -0.571. The number of hydrogen-bond acceptors (Lipinski definition) is 3. The second kappa shape index (κ2) is 7.90. The van der Waals surface area contributed by atoms with Crippen LogP contribution < -0.4 is 0 Å². The number of aliphatic hydroxyl groups excluding tert-OH is 1. The van der Waals surface area contributed by atoms with Gasteiger partial charge in [-0.15, -0.1) is 0 Å². The van der Waals surface area contributed by atoms with Crippen molar-refractivity contribution in [2.75, 3.05) is 0 Å². The number of carbonyl (C=O) groups is 1. The van der Waals surface area contributed by atoms with E-state index in [0.29, 0.717) is 11.8 Å². The summed E-state index contributed by atoms with van der Waals surface area (Å²) in [5.41, 5.74) is 2.21. The van der Waals surface area contributed by atoms with Gasteiger partial charge in [-0.05, 0) is 68.9 Å². The van der Waals surface area contributed by atoms with Crippen LogP contribution in [-0.4, -0.2) is 28.2 Å². The Labute approximate surface area is 169 Å². The summed E-state index contributed by atoms with van der Waals surface area (Å²) in [5.74, 6) is 0.962. The second-order valence-electron chi connectivity index (χ2n) is 9.60. The fourth-order valence-electron chi connectivity index (χ4n) is 5.24. The lowest BCUT2D eigenvalue weighted by Crippen LogP contribution is -2.53. The maximum absolute atomic E-state index is 12.7. The Hall–Kier alpha value is -1.81. The molecule has 28 heavy (non-hydrogen) atoms. The molecular formula is C24H35NO3. The van der Waals surface area contributed by atoms with Crippen LogP contribution >= 0.6 is 0 Å². The van der Waals surface area contributed by atoms with E-state index in [2.05, 4.69) is 13.8 Å². The van der Waals surface area contributed by atoms with Crippen molar-refractivity contribution in [1.29, 1.82) is 0 Å². The molecule has 3 aliphatic rings. The third-order valence-corrected chi connectivity index (χ3v) is 6.98. The highest BCUT2D eigenvalue weighted by atomic mass is 16.5. The number of fused-ring (bicyclic) bond motifs is 2. The van der Waals surface area contributed by atoms with Gasteiger partial charge in [0, 0.05) is 18.0 Å². The average molecular weight is 386 g/mol. The molecule has 0 unspecified atom stereocenters. The molecule has 154 valence electrons. The SMILES string of the molecule is CC(C)N(C(=O)O/C=C1\[C@@H]([C@H](O)c2ccccc2)C[C@H]2C[C@@H]1C2(C)C)C(C)C. The first-order valence-electron chi connectivity index (χ1n) is 10.6. The molecule has 4 nitrogen and oxygen atoms in total. The molecule has 1 aromatic rings. The average Bonchev–Trinajstić information content (AvgIpc) is 2.65. The third kappa shape index (κ3) is 3.71. The second-order valence-corrected chi connectivity index (χ2v) is 9.60. The minimum absolute atomic E-state index is 0.00137. The van der Waals surface area contributed by atoms with Crippen LogP contribution in [0.3, 0.4) is 0 Å². The molecule has 4 heteroatoms. The molecule has 1 aromatic carbocycles. The number of hydrogen-bond donors (Lipinski definition) is 1. The zero-order valence-electron chi connectivity index (χ0n) is 18.1. The number of rotatable bonds is 5. The number of amides is 1. The Morgan fingerprint density at radius 3 is 2.29 bits per heavy atom. The lowest BCUT2D eigenvalue weighted by molar-refractivity contribution is -0.0731. The van der Waals surface area contributed by atoms with Crippen LogP contribution in [0.5, 0.6) is 0 Å². The Bertz CT molecular complexity index is 715. The molecule has 0 aliphatic heterocycles. The molecule has 1 amide bonds. The zero-order valence-corrected chi connectivity index (χ0v) is 18.1. The maximum atomic E-state index is 12.7. The van der Waals surface area contributed by atoms with Crippen molar-refractivity contribution < 1.29 is 14.6 Å². The predicted molar refractivity (Wildman–Crippen MR) is 112 cm³/mol. The van der Waals surface area contributed by atoms with Gasteiger partial charge in [0.15, 0.2) is 0 Å². The van der Waals surface area contributed by atoms with E-state index in [4.69, 9.17) is 4.74 Å². The standard InChI is InChI=1S/C24H35NO3/c1-15(2)25(16(3)4)23(27)28-14-20-19(12-18-13-21(20)24(18,5)6)22(26)17-10-8-7-9-11-17/h7-11,14-16,18-19,21-22,26H,12-13H2,1-6H3/b20-14+/t18-,19-,21-,22+/m0/s1. The monoisotopic (exact) mass is 385 g/mol. The summed E-state index contributed by atoms with van der Waals surface area (Å²) in [5, 5.41) is 11.1. The summed E-state index contributed by atoms with van der Waals surface area (Å²) in [6.45, 7) is 12.6. The molecule has 0 heterocycles. The Morgan fingerprint density at radius 2 is 1.75 bits per heavy atom. The number of aliphatic hydroxyl groups is 1. The molecule has 0 saturated heterocycles. The van der Waals surface area contributed by atoms with Gasteiger partial charge < -0.3 is 14.7 Å². The minimum Gasteiger partial charge on any atom is -0.418 e. The van der Waals surface area contributed by atoms with Crippen molar-refractivity contribution in [3.05, 3.63) is 47.7 Å². The zero-order chi connectivity index (χ0) is 20.6. The van der Waals surface area contributed by atoms with Gasteiger partial charge in [-0.2, -0.15) is 0 Å². The lowest BCUT2D eigenvalue weighted by Gasteiger charge is -2.60. The van der Waals surface area contributed by atoms with Crippen molar-refractivity contribution in [1.82, 2.24) is 4.90 Å². The summed E-state index contributed by atoms with van der Waals surface area (Å²) in [6.07, 6.45) is 2.83. The number of benzene rings is 1. The lowest BCUT2D eigenvalue weighted by atomic mass is 9.44. The molecular weight excluding hydrogens is 350 g/mol. The quantitative estimate of drug-likeness (QED) is 0.677. The first kappa shape index (κ1) is 20.9. The molecule has 0 radical (unpaired) electrons. The fourth-order valence-corrected chi connectivity index (χ4v) is 5.24. The van der Waals surface area contributed by atoms with Crippen molar-refractivity contribution in [2.24, 2.45) is 23.2 Å². The summed E-state index contributed by atoms with van der Waals surface area (Å²) in [7, 11) is 0. The van der Waals surface area contributed by atoms with E-state index in [0.717, 1.165) is 24.0 Å². The van der Waals surface area contributed by atoms with Gasteiger partial charge in [0.2, 0.25) is 0 Å². The van der Waals surface area contributed by atoms with Crippen LogP contribution in [0, 0.1) is 23.2 Å². The maximum Gasteiger partial charge on any atom is 0.415 e. The Balaban J connectivity index is 1.85. The smallest absolute Gasteiger partial charge is 0.415 e. The van der Waals surface area contributed by atoms with E-state index < -0.39 is 6.10 Å². The Kier molecular flexibility index (Phi) is 5.90. The highest BCUT2D eigenvalue weighted by Crippen LogP contribution is 2.64. The van der Waals surface area contributed by atoms with Gasteiger partial charge in [-0.25, -0.2) is 4.79 Å². The number of nitrogens with zero attached hydrogens (tertiary/aromatic N) is 1. The van der Waals surface area contributed by atoms with Crippen LogP contribution in [0.2, 0.25) is 0 Å². The van der Waals surface area contributed by atoms with Gasteiger partial charge >= 0.3 is 6.09 Å². The summed E-state index contributed by atoms with van der Waals surface area (Å²) >= 11 is 0. The van der Waals surface area contributed by atoms with E-state index >= 15 is 0 Å².